The molecule has 1 N–H and O–H groups in total. The van der Waals surface area contributed by atoms with Gasteiger partial charge in [0.15, 0.2) is 11.5 Å². The van der Waals surface area contributed by atoms with Crippen LogP contribution in [0.15, 0.2) is 53.2 Å². The molecule has 23 heavy (non-hydrogen) atoms. The smallest absolute Gasteiger partial charge is 0.275 e. The third-order valence-electron chi connectivity index (χ3n) is 3.51. The van der Waals surface area contributed by atoms with Crippen LogP contribution in [0.5, 0.6) is 11.5 Å². The summed E-state index contributed by atoms with van der Waals surface area (Å²) in [5.74, 6) is 1.64. The molecule has 2 aliphatic heterocycles. The van der Waals surface area contributed by atoms with Crippen molar-refractivity contribution in [2.45, 2.75) is 0 Å². The predicted octanol–water partition coefficient (Wildman–Crippen LogP) is 2.99. The molecular weight excluding hydrogens is 316 g/mol. The van der Waals surface area contributed by atoms with E-state index in [0.29, 0.717) is 28.1 Å². The van der Waals surface area contributed by atoms with Crippen LogP contribution < -0.4 is 14.8 Å². The van der Waals surface area contributed by atoms with Gasteiger partial charge in [-0.05, 0) is 48.0 Å². The highest BCUT2D eigenvalue weighted by molar-refractivity contribution is 6.30. The van der Waals surface area contributed by atoms with Crippen molar-refractivity contribution in [3.63, 3.8) is 0 Å². The number of amides is 1. The molecule has 5 nitrogen and oxygen atoms in total. The number of hydrogen-bond donors (Lipinski definition) is 1. The number of carbonyl (C=O) groups excluding carboxylic acids is 1. The van der Waals surface area contributed by atoms with Crippen LogP contribution in [-0.4, -0.2) is 18.5 Å². The summed E-state index contributed by atoms with van der Waals surface area (Å²) in [7, 11) is 0. The van der Waals surface area contributed by atoms with Crippen LogP contribution in [0.25, 0.3) is 6.08 Å². The minimum atomic E-state index is -0.243. The molecule has 0 atom stereocenters. The average Bonchev–Trinajstić information content (AvgIpc) is 3.15. The average molecular weight is 327 g/mol. The van der Waals surface area contributed by atoms with Gasteiger partial charge in [0.1, 0.15) is 11.5 Å². The van der Waals surface area contributed by atoms with Crippen LogP contribution in [0, 0.1) is 0 Å². The van der Waals surface area contributed by atoms with Crippen molar-refractivity contribution in [2.24, 2.45) is 4.99 Å². The van der Waals surface area contributed by atoms with Gasteiger partial charge in [0.25, 0.3) is 5.91 Å². The summed E-state index contributed by atoms with van der Waals surface area (Å²) >= 11 is 5.87. The van der Waals surface area contributed by atoms with Gasteiger partial charge < -0.3 is 14.8 Å². The van der Waals surface area contributed by atoms with Crippen LogP contribution in [0.2, 0.25) is 5.02 Å². The summed E-state index contributed by atoms with van der Waals surface area (Å²) < 4.78 is 10.6. The monoisotopic (exact) mass is 326 g/mol. The Hall–Kier alpha value is -2.79. The standard InChI is InChI=1S/C17H11ClN2O3/c18-12-4-2-11(3-5-12)16-19-13(17(21)20-16)7-10-1-6-14-15(8-10)23-9-22-14/h1-8H,9H2,(H,19,20,21)/b13-7+. The number of fused-ring (bicyclic) bond motifs is 1. The summed E-state index contributed by atoms with van der Waals surface area (Å²) in [6, 6.07) is 12.6. The highest BCUT2D eigenvalue weighted by Crippen LogP contribution is 2.33. The maximum atomic E-state index is 12.1. The zero-order chi connectivity index (χ0) is 15.8. The van der Waals surface area contributed by atoms with Gasteiger partial charge in [-0.2, -0.15) is 0 Å². The fourth-order valence-electron chi connectivity index (χ4n) is 2.37. The molecule has 0 saturated heterocycles. The number of nitrogens with zero attached hydrogens (tertiary/aromatic N) is 1. The number of aliphatic imine (C=N–C) groups is 1. The Balaban J connectivity index is 1.65. The minimum Gasteiger partial charge on any atom is -0.454 e. The number of nitrogens with one attached hydrogen (secondary N) is 1. The summed E-state index contributed by atoms with van der Waals surface area (Å²) in [6.07, 6.45) is 1.71. The molecule has 0 unspecified atom stereocenters. The molecule has 0 fully saturated rings. The van der Waals surface area contributed by atoms with Crippen molar-refractivity contribution in [3.8, 4) is 11.5 Å². The van der Waals surface area contributed by atoms with E-state index in [2.05, 4.69) is 10.3 Å². The normalized spacial score (nSPS) is 17.3. The minimum absolute atomic E-state index is 0.217. The number of benzene rings is 2. The van der Waals surface area contributed by atoms with Gasteiger partial charge in [-0.25, -0.2) is 4.99 Å². The Labute approximate surface area is 137 Å². The third-order valence-corrected chi connectivity index (χ3v) is 3.77. The van der Waals surface area contributed by atoms with Crippen molar-refractivity contribution in [3.05, 3.63) is 64.3 Å². The van der Waals surface area contributed by atoms with E-state index in [-0.39, 0.29) is 12.7 Å². The topological polar surface area (TPSA) is 59.9 Å². The SMILES string of the molecule is O=C1NC(c2ccc(Cl)cc2)=N/C1=C/c1ccc2c(c1)OCO2. The summed E-state index contributed by atoms with van der Waals surface area (Å²) in [5.41, 5.74) is 1.96. The van der Waals surface area contributed by atoms with E-state index in [0.717, 1.165) is 11.1 Å². The van der Waals surface area contributed by atoms with Gasteiger partial charge in [0.05, 0.1) is 0 Å². The zero-order valence-corrected chi connectivity index (χ0v) is 12.6. The Morgan fingerprint density at radius 3 is 2.70 bits per heavy atom. The molecule has 2 aliphatic rings. The van der Waals surface area contributed by atoms with Gasteiger partial charge >= 0.3 is 0 Å². The Kier molecular flexibility index (Phi) is 3.28. The van der Waals surface area contributed by atoms with Crippen molar-refractivity contribution in [1.82, 2.24) is 5.32 Å². The highest BCUT2D eigenvalue weighted by Gasteiger charge is 2.21. The lowest BCUT2D eigenvalue weighted by Gasteiger charge is -1.99. The number of hydrogen-bond acceptors (Lipinski definition) is 4. The van der Waals surface area contributed by atoms with Crippen LogP contribution >= 0.6 is 11.6 Å². The second kappa shape index (κ2) is 5.44. The largest absolute Gasteiger partial charge is 0.454 e. The fraction of sp³-hybridized carbons (Fsp3) is 0.0588. The van der Waals surface area contributed by atoms with Crippen molar-refractivity contribution >= 4 is 29.4 Å². The van der Waals surface area contributed by atoms with Gasteiger partial charge in [-0.15, -0.1) is 0 Å². The predicted molar refractivity (Wildman–Crippen MR) is 86.7 cm³/mol. The first-order valence-electron chi connectivity index (χ1n) is 6.96. The van der Waals surface area contributed by atoms with E-state index < -0.39 is 0 Å². The fourth-order valence-corrected chi connectivity index (χ4v) is 2.50. The second-order valence-electron chi connectivity index (χ2n) is 5.06. The van der Waals surface area contributed by atoms with E-state index >= 15 is 0 Å². The van der Waals surface area contributed by atoms with E-state index in [1.165, 1.54) is 0 Å². The van der Waals surface area contributed by atoms with E-state index in [9.17, 15) is 4.79 Å². The first kappa shape index (κ1) is 13.8. The molecule has 0 saturated carbocycles. The lowest BCUT2D eigenvalue weighted by Crippen LogP contribution is -2.24. The molecule has 1 amide bonds. The van der Waals surface area contributed by atoms with E-state index in [4.69, 9.17) is 21.1 Å². The summed E-state index contributed by atoms with van der Waals surface area (Å²) in [6.45, 7) is 0.217. The molecule has 2 aromatic carbocycles. The molecule has 2 heterocycles. The van der Waals surface area contributed by atoms with Gasteiger partial charge in [-0.3, -0.25) is 4.79 Å². The summed E-state index contributed by atoms with van der Waals surface area (Å²) in [5, 5.41) is 3.39. The molecule has 0 radical (unpaired) electrons. The summed E-state index contributed by atoms with van der Waals surface area (Å²) in [4.78, 5) is 16.4. The molecule has 0 spiro atoms. The number of rotatable bonds is 2. The molecule has 4 rings (SSSR count). The molecule has 0 aromatic heterocycles. The lowest BCUT2D eigenvalue weighted by molar-refractivity contribution is -0.115. The molecule has 114 valence electrons. The Morgan fingerprint density at radius 2 is 1.87 bits per heavy atom. The Bertz CT molecular complexity index is 857. The number of amidine groups is 1. The number of halogens is 1. The maximum absolute atomic E-state index is 12.1. The first-order valence-corrected chi connectivity index (χ1v) is 7.34. The molecule has 2 aromatic rings. The number of carbonyl (C=O) groups is 1. The second-order valence-corrected chi connectivity index (χ2v) is 5.50. The molecule has 6 heteroatoms. The molecule has 0 bridgehead atoms. The zero-order valence-electron chi connectivity index (χ0n) is 11.9. The molecular formula is C17H11ClN2O3. The highest BCUT2D eigenvalue weighted by atomic mass is 35.5. The van der Waals surface area contributed by atoms with Crippen molar-refractivity contribution in [1.29, 1.82) is 0 Å². The van der Waals surface area contributed by atoms with Crippen LogP contribution in [0.1, 0.15) is 11.1 Å². The maximum Gasteiger partial charge on any atom is 0.275 e. The van der Waals surface area contributed by atoms with Gasteiger partial charge in [0.2, 0.25) is 6.79 Å². The van der Waals surface area contributed by atoms with Crippen LogP contribution in [-0.2, 0) is 4.79 Å². The van der Waals surface area contributed by atoms with Crippen LogP contribution in [0.3, 0.4) is 0 Å². The number of ether oxygens (including phenoxy) is 2. The van der Waals surface area contributed by atoms with Gasteiger partial charge in [0, 0.05) is 10.6 Å². The van der Waals surface area contributed by atoms with E-state index in [1.54, 1.807) is 18.2 Å². The van der Waals surface area contributed by atoms with Crippen molar-refractivity contribution in [2.75, 3.05) is 6.79 Å². The molecule has 0 aliphatic carbocycles. The lowest BCUT2D eigenvalue weighted by atomic mass is 10.1. The quantitative estimate of drug-likeness (QED) is 0.863. The third kappa shape index (κ3) is 2.66. The van der Waals surface area contributed by atoms with Crippen molar-refractivity contribution < 1.29 is 14.3 Å². The first-order chi connectivity index (χ1) is 11.2. The Morgan fingerprint density at radius 1 is 1.09 bits per heavy atom. The van der Waals surface area contributed by atoms with Crippen LogP contribution in [0.4, 0.5) is 0 Å². The van der Waals surface area contributed by atoms with E-state index in [1.807, 2.05) is 30.3 Å². The van der Waals surface area contributed by atoms with Gasteiger partial charge in [-0.1, -0.05) is 17.7 Å².